The Kier molecular flexibility index (Phi) is 5.29. The van der Waals surface area contributed by atoms with Gasteiger partial charge in [-0.3, -0.25) is 9.78 Å². The molecule has 1 amide bonds. The van der Waals surface area contributed by atoms with Crippen LogP contribution < -0.4 is 5.32 Å². The third kappa shape index (κ3) is 4.84. The van der Waals surface area contributed by atoms with Crippen LogP contribution in [0.15, 0.2) is 35.1 Å². The van der Waals surface area contributed by atoms with Crippen LogP contribution in [0.2, 0.25) is 0 Å². The number of nitrogens with one attached hydrogen (secondary N) is 1. The van der Waals surface area contributed by atoms with E-state index in [2.05, 4.69) is 15.5 Å². The van der Waals surface area contributed by atoms with E-state index in [4.69, 9.17) is 4.52 Å². The SMILES string of the molecule is Cc1cc(CCNC(=O)CCCc2cccnc2)no1. The largest absolute Gasteiger partial charge is 0.361 e. The second-order valence-electron chi connectivity index (χ2n) is 4.74. The zero-order valence-corrected chi connectivity index (χ0v) is 11.6. The monoisotopic (exact) mass is 273 g/mol. The van der Waals surface area contributed by atoms with Gasteiger partial charge in [-0.2, -0.15) is 0 Å². The third-order valence-electron chi connectivity index (χ3n) is 2.97. The average Bonchev–Trinajstić information content (AvgIpc) is 2.86. The number of hydrogen-bond donors (Lipinski definition) is 1. The standard InChI is InChI=1S/C15H19N3O2/c1-12-10-14(18-20-12)7-9-17-15(19)6-2-4-13-5-3-8-16-11-13/h3,5,8,10-11H,2,4,6-7,9H2,1H3,(H,17,19). The minimum Gasteiger partial charge on any atom is -0.361 e. The van der Waals surface area contributed by atoms with Gasteiger partial charge in [-0.25, -0.2) is 0 Å². The maximum atomic E-state index is 11.7. The number of hydrogen-bond acceptors (Lipinski definition) is 4. The number of aromatic nitrogens is 2. The van der Waals surface area contributed by atoms with Gasteiger partial charge in [0.05, 0.1) is 5.69 Å². The van der Waals surface area contributed by atoms with Crippen LogP contribution in [0.4, 0.5) is 0 Å². The Morgan fingerprint density at radius 2 is 2.30 bits per heavy atom. The summed E-state index contributed by atoms with van der Waals surface area (Å²) in [6, 6.07) is 5.82. The van der Waals surface area contributed by atoms with Gasteiger partial charge < -0.3 is 9.84 Å². The minimum absolute atomic E-state index is 0.0779. The van der Waals surface area contributed by atoms with Crippen molar-refractivity contribution in [3.8, 4) is 0 Å². The molecule has 0 radical (unpaired) electrons. The maximum Gasteiger partial charge on any atom is 0.220 e. The molecule has 2 heterocycles. The summed E-state index contributed by atoms with van der Waals surface area (Å²) in [7, 11) is 0. The fraction of sp³-hybridized carbons (Fsp3) is 0.400. The van der Waals surface area contributed by atoms with Crippen molar-refractivity contribution in [2.45, 2.75) is 32.6 Å². The molecule has 20 heavy (non-hydrogen) atoms. The molecule has 0 aliphatic rings. The van der Waals surface area contributed by atoms with Crippen molar-refractivity contribution in [1.82, 2.24) is 15.5 Å². The second-order valence-corrected chi connectivity index (χ2v) is 4.74. The fourth-order valence-electron chi connectivity index (χ4n) is 1.95. The van der Waals surface area contributed by atoms with Crippen LogP contribution in [0.3, 0.4) is 0 Å². The molecule has 0 atom stereocenters. The van der Waals surface area contributed by atoms with Crippen LogP contribution in [-0.4, -0.2) is 22.6 Å². The van der Waals surface area contributed by atoms with Crippen LogP contribution in [0.5, 0.6) is 0 Å². The van der Waals surface area contributed by atoms with E-state index in [-0.39, 0.29) is 5.91 Å². The predicted molar refractivity (Wildman–Crippen MR) is 75.1 cm³/mol. The van der Waals surface area contributed by atoms with Crippen LogP contribution in [-0.2, 0) is 17.6 Å². The first-order valence-electron chi connectivity index (χ1n) is 6.82. The molecule has 2 aromatic heterocycles. The van der Waals surface area contributed by atoms with Gasteiger partial charge in [0, 0.05) is 37.8 Å². The number of carbonyl (C=O) groups is 1. The van der Waals surface area contributed by atoms with E-state index in [1.54, 1.807) is 6.20 Å². The van der Waals surface area contributed by atoms with Crippen LogP contribution in [0.1, 0.15) is 29.9 Å². The third-order valence-corrected chi connectivity index (χ3v) is 2.97. The van der Waals surface area contributed by atoms with E-state index < -0.39 is 0 Å². The molecule has 0 aliphatic heterocycles. The van der Waals surface area contributed by atoms with E-state index in [1.165, 1.54) is 5.56 Å². The summed E-state index contributed by atoms with van der Waals surface area (Å²) in [6.07, 6.45) is 6.54. The number of rotatable bonds is 7. The molecule has 0 saturated carbocycles. The van der Waals surface area contributed by atoms with Crippen LogP contribution >= 0.6 is 0 Å². The zero-order valence-electron chi connectivity index (χ0n) is 11.6. The van der Waals surface area contributed by atoms with Crippen molar-refractivity contribution in [2.75, 3.05) is 6.54 Å². The molecular formula is C15H19N3O2. The fourth-order valence-corrected chi connectivity index (χ4v) is 1.95. The van der Waals surface area contributed by atoms with Gasteiger partial charge in [0.15, 0.2) is 0 Å². The number of pyridine rings is 1. The Morgan fingerprint density at radius 3 is 3.00 bits per heavy atom. The van der Waals surface area contributed by atoms with Gasteiger partial charge >= 0.3 is 0 Å². The number of carbonyl (C=O) groups excluding carboxylic acids is 1. The van der Waals surface area contributed by atoms with Gasteiger partial charge in [0.2, 0.25) is 5.91 Å². The van der Waals surface area contributed by atoms with E-state index in [1.807, 2.05) is 31.3 Å². The van der Waals surface area contributed by atoms with Crippen molar-refractivity contribution in [1.29, 1.82) is 0 Å². The molecule has 0 aliphatic carbocycles. The molecule has 1 N–H and O–H groups in total. The van der Waals surface area contributed by atoms with Gasteiger partial charge in [-0.1, -0.05) is 11.2 Å². The molecule has 5 heteroatoms. The average molecular weight is 273 g/mol. The van der Waals surface area contributed by atoms with E-state index in [0.29, 0.717) is 19.4 Å². The molecule has 0 aromatic carbocycles. The lowest BCUT2D eigenvalue weighted by Gasteiger charge is -2.04. The summed E-state index contributed by atoms with van der Waals surface area (Å²) in [4.78, 5) is 15.7. The van der Waals surface area contributed by atoms with Crippen molar-refractivity contribution in [2.24, 2.45) is 0 Å². The zero-order chi connectivity index (χ0) is 14.2. The molecule has 106 valence electrons. The number of amides is 1. The quantitative estimate of drug-likeness (QED) is 0.838. The highest BCUT2D eigenvalue weighted by molar-refractivity contribution is 5.75. The smallest absolute Gasteiger partial charge is 0.220 e. The van der Waals surface area contributed by atoms with Crippen molar-refractivity contribution >= 4 is 5.91 Å². The Bertz CT molecular complexity index is 537. The lowest BCUT2D eigenvalue weighted by Crippen LogP contribution is -2.25. The first-order valence-corrected chi connectivity index (χ1v) is 6.82. The normalized spacial score (nSPS) is 10.4. The van der Waals surface area contributed by atoms with Gasteiger partial charge in [0.25, 0.3) is 0 Å². The first kappa shape index (κ1) is 14.2. The Balaban J connectivity index is 1.59. The number of nitrogens with zero attached hydrogens (tertiary/aromatic N) is 2. The molecule has 0 fully saturated rings. The van der Waals surface area contributed by atoms with Crippen molar-refractivity contribution < 1.29 is 9.32 Å². The Hall–Kier alpha value is -2.17. The molecular weight excluding hydrogens is 254 g/mol. The second kappa shape index (κ2) is 7.43. The summed E-state index contributed by atoms with van der Waals surface area (Å²) in [5.41, 5.74) is 2.04. The van der Waals surface area contributed by atoms with Crippen molar-refractivity contribution in [3.05, 3.63) is 47.6 Å². The molecule has 2 aromatic rings. The highest BCUT2D eigenvalue weighted by Gasteiger charge is 2.03. The van der Waals surface area contributed by atoms with E-state index in [9.17, 15) is 4.79 Å². The van der Waals surface area contributed by atoms with Gasteiger partial charge in [-0.15, -0.1) is 0 Å². The molecule has 0 saturated heterocycles. The van der Waals surface area contributed by atoms with E-state index >= 15 is 0 Å². The summed E-state index contributed by atoms with van der Waals surface area (Å²) >= 11 is 0. The summed E-state index contributed by atoms with van der Waals surface area (Å²) in [5, 5.41) is 6.77. The minimum atomic E-state index is 0.0779. The van der Waals surface area contributed by atoms with E-state index in [0.717, 1.165) is 24.3 Å². The molecule has 5 nitrogen and oxygen atoms in total. The number of aryl methyl sites for hydroxylation is 2. The lowest BCUT2D eigenvalue weighted by molar-refractivity contribution is -0.121. The molecule has 0 unspecified atom stereocenters. The molecule has 0 spiro atoms. The highest BCUT2D eigenvalue weighted by atomic mass is 16.5. The summed E-state index contributed by atoms with van der Waals surface area (Å²) in [6.45, 7) is 2.45. The Labute approximate surface area is 118 Å². The first-order chi connectivity index (χ1) is 9.74. The predicted octanol–water partition coefficient (Wildman–Crippen LogP) is 2.06. The van der Waals surface area contributed by atoms with Crippen molar-refractivity contribution in [3.63, 3.8) is 0 Å². The maximum absolute atomic E-state index is 11.7. The van der Waals surface area contributed by atoms with Gasteiger partial charge in [-0.05, 0) is 31.4 Å². The van der Waals surface area contributed by atoms with Crippen LogP contribution in [0, 0.1) is 6.92 Å². The topological polar surface area (TPSA) is 68.0 Å². The van der Waals surface area contributed by atoms with Crippen LogP contribution in [0.25, 0.3) is 0 Å². The summed E-state index contributed by atoms with van der Waals surface area (Å²) in [5.74, 6) is 0.872. The Morgan fingerprint density at radius 1 is 1.40 bits per heavy atom. The molecule has 2 rings (SSSR count). The lowest BCUT2D eigenvalue weighted by atomic mass is 10.1. The van der Waals surface area contributed by atoms with Gasteiger partial charge in [0.1, 0.15) is 5.76 Å². The summed E-state index contributed by atoms with van der Waals surface area (Å²) < 4.78 is 4.97. The molecule has 0 bridgehead atoms. The highest BCUT2D eigenvalue weighted by Crippen LogP contribution is 2.03.